The summed E-state index contributed by atoms with van der Waals surface area (Å²) in [4.78, 5) is 15.8. The number of carbonyl (C=O) groups is 1. The summed E-state index contributed by atoms with van der Waals surface area (Å²) in [5.74, 6) is 0.612. The van der Waals surface area contributed by atoms with Crippen LogP contribution >= 0.6 is 0 Å². The fourth-order valence-corrected chi connectivity index (χ4v) is 1.55. The van der Waals surface area contributed by atoms with E-state index in [0.29, 0.717) is 12.0 Å². The minimum Gasteiger partial charge on any atom is -0.352 e. The third kappa shape index (κ3) is 3.48. The van der Waals surface area contributed by atoms with Gasteiger partial charge in [-0.1, -0.05) is 18.2 Å². The molecule has 0 fully saturated rings. The summed E-state index contributed by atoms with van der Waals surface area (Å²) >= 11 is 0. The highest BCUT2D eigenvalue weighted by Gasteiger charge is 2.12. The van der Waals surface area contributed by atoms with E-state index < -0.39 is 0 Å². The largest absolute Gasteiger partial charge is 0.352 e. The molecule has 0 bridgehead atoms. The van der Waals surface area contributed by atoms with Crippen molar-refractivity contribution in [2.24, 2.45) is 4.99 Å². The van der Waals surface area contributed by atoms with Gasteiger partial charge in [0.1, 0.15) is 0 Å². The van der Waals surface area contributed by atoms with E-state index in [4.69, 9.17) is 0 Å². The molecule has 1 aliphatic rings. The van der Waals surface area contributed by atoms with Crippen molar-refractivity contribution in [2.75, 3.05) is 18.4 Å². The van der Waals surface area contributed by atoms with Crippen LogP contribution in [0.1, 0.15) is 6.92 Å². The standard InChI is InChI=1S/C12H16N4O/c1-9-7-13-12(15-9)14-8-11(17)16-10-5-3-2-4-6-10/h2-6,9H,7-8H2,1H3,(H,16,17)(H2,13,14,15). The first-order valence-corrected chi connectivity index (χ1v) is 5.64. The molecule has 5 nitrogen and oxygen atoms in total. The number of nitrogens with zero attached hydrogens (tertiary/aromatic N) is 1. The second-order valence-corrected chi connectivity index (χ2v) is 4.00. The van der Waals surface area contributed by atoms with Crippen molar-refractivity contribution < 1.29 is 4.79 Å². The number of carbonyl (C=O) groups excluding carboxylic acids is 1. The second kappa shape index (κ2) is 5.34. The Hall–Kier alpha value is -2.04. The van der Waals surface area contributed by atoms with E-state index in [9.17, 15) is 4.79 Å². The molecule has 0 saturated heterocycles. The van der Waals surface area contributed by atoms with Gasteiger partial charge in [-0.3, -0.25) is 9.79 Å². The number of rotatable bonds is 3. The molecule has 1 atom stereocenters. The van der Waals surface area contributed by atoms with E-state index in [1.54, 1.807) is 0 Å². The predicted octanol–water partition coefficient (Wildman–Crippen LogP) is 0.562. The number of guanidine groups is 1. The molecule has 2 rings (SSSR count). The van der Waals surface area contributed by atoms with Crippen LogP contribution in [-0.4, -0.2) is 31.0 Å². The van der Waals surface area contributed by atoms with Gasteiger partial charge in [-0.25, -0.2) is 0 Å². The number of hydrogen-bond donors (Lipinski definition) is 3. The Bertz CT molecular complexity index is 416. The highest BCUT2D eigenvalue weighted by Crippen LogP contribution is 2.03. The second-order valence-electron chi connectivity index (χ2n) is 4.00. The fraction of sp³-hybridized carbons (Fsp3) is 0.333. The molecular weight excluding hydrogens is 216 g/mol. The highest BCUT2D eigenvalue weighted by molar-refractivity contribution is 5.95. The Morgan fingerprint density at radius 2 is 2.24 bits per heavy atom. The number of amides is 1. The van der Waals surface area contributed by atoms with Gasteiger partial charge in [0, 0.05) is 11.7 Å². The summed E-state index contributed by atoms with van der Waals surface area (Å²) in [6.07, 6.45) is 0. The third-order valence-electron chi connectivity index (χ3n) is 2.38. The third-order valence-corrected chi connectivity index (χ3v) is 2.38. The van der Waals surface area contributed by atoms with Gasteiger partial charge < -0.3 is 16.0 Å². The Morgan fingerprint density at radius 3 is 2.88 bits per heavy atom. The summed E-state index contributed by atoms with van der Waals surface area (Å²) in [5, 5.41) is 8.88. The van der Waals surface area contributed by atoms with Crippen LogP contribution in [0.25, 0.3) is 0 Å². The minimum atomic E-state index is -0.0831. The number of anilines is 1. The number of nitrogens with one attached hydrogen (secondary N) is 3. The van der Waals surface area contributed by atoms with Gasteiger partial charge in [-0.05, 0) is 19.1 Å². The van der Waals surface area contributed by atoms with Crippen molar-refractivity contribution in [3.8, 4) is 0 Å². The average Bonchev–Trinajstić information content (AvgIpc) is 2.74. The van der Waals surface area contributed by atoms with Crippen LogP contribution in [0, 0.1) is 0 Å². The van der Waals surface area contributed by atoms with Crippen molar-refractivity contribution in [3.05, 3.63) is 30.3 Å². The Kier molecular flexibility index (Phi) is 3.59. The monoisotopic (exact) mass is 232 g/mol. The smallest absolute Gasteiger partial charge is 0.243 e. The summed E-state index contributed by atoms with van der Waals surface area (Å²) in [7, 11) is 0. The first kappa shape index (κ1) is 11.4. The maximum atomic E-state index is 11.6. The van der Waals surface area contributed by atoms with Gasteiger partial charge in [-0.15, -0.1) is 0 Å². The lowest BCUT2D eigenvalue weighted by Crippen LogP contribution is -2.41. The topological polar surface area (TPSA) is 65.5 Å². The van der Waals surface area contributed by atoms with Crippen molar-refractivity contribution in [3.63, 3.8) is 0 Å². The van der Waals surface area contributed by atoms with Crippen LogP contribution in [0.4, 0.5) is 5.69 Å². The molecule has 1 aromatic carbocycles. The van der Waals surface area contributed by atoms with E-state index in [0.717, 1.165) is 12.2 Å². The van der Waals surface area contributed by atoms with Crippen molar-refractivity contribution >= 4 is 17.6 Å². The van der Waals surface area contributed by atoms with Crippen LogP contribution < -0.4 is 16.0 Å². The van der Waals surface area contributed by atoms with Crippen LogP contribution in [0.15, 0.2) is 35.3 Å². The van der Waals surface area contributed by atoms with Gasteiger partial charge in [0.05, 0.1) is 13.1 Å². The molecule has 0 aromatic heterocycles. The maximum absolute atomic E-state index is 11.6. The Balaban J connectivity index is 1.75. The van der Waals surface area contributed by atoms with Crippen LogP contribution in [0.5, 0.6) is 0 Å². The zero-order chi connectivity index (χ0) is 12.1. The molecule has 1 aromatic rings. The van der Waals surface area contributed by atoms with E-state index in [2.05, 4.69) is 20.9 Å². The highest BCUT2D eigenvalue weighted by atomic mass is 16.1. The fourth-order valence-electron chi connectivity index (χ4n) is 1.55. The Morgan fingerprint density at radius 1 is 1.47 bits per heavy atom. The van der Waals surface area contributed by atoms with Gasteiger partial charge in [0.25, 0.3) is 0 Å². The van der Waals surface area contributed by atoms with Crippen molar-refractivity contribution in [1.82, 2.24) is 10.6 Å². The molecule has 0 aliphatic carbocycles. The van der Waals surface area contributed by atoms with Gasteiger partial charge >= 0.3 is 0 Å². The normalized spacial score (nSPS) is 18.2. The zero-order valence-electron chi connectivity index (χ0n) is 9.73. The lowest BCUT2D eigenvalue weighted by Gasteiger charge is -2.09. The molecular formula is C12H16N4O. The minimum absolute atomic E-state index is 0.0831. The molecule has 0 radical (unpaired) electrons. The summed E-state index contributed by atoms with van der Waals surface area (Å²) < 4.78 is 0. The molecule has 90 valence electrons. The molecule has 3 N–H and O–H groups in total. The molecule has 0 saturated carbocycles. The average molecular weight is 232 g/mol. The van der Waals surface area contributed by atoms with Gasteiger partial charge in [0.15, 0.2) is 5.96 Å². The van der Waals surface area contributed by atoms with E-state index in [-0.39, 0.29) is 12.5 Å². The van der Waals surface area contributed by atoms with Crippen molar-refractivity contribution in [2.45, 2.75) is 13.0 Å². The van der Waals surface area contributed by atoms with Gasteiger partial charge in [-0.2, -0.15) is 0 Å². The molecule has 5 heteroatoms. The van der Waals surface area contributed by atoms with Crippen molar-refractivity contribution in [1.29, 1.82) is 0 Å². The summed E-state index contributed by atoms with van der Waals surface area (Å²) in [6.45, 7) is 3.01. The Labute approximate surface area is 100 Å². The number of aliphatic imine (C=N–C) groups is 1. The quantitative estimate of drug-likeness (QED) is 0.713. The number of hydrogen-bond acceptors (Lipinski definition) is 4. The first-order valence-electron chi connectivity index (χ1n) is 5.64. The molecule has 17 heavy (non-hydrogen) atoms. The van der Waals surface area contributed by atoms with Gasteiger partial charge in [0.2, 0.25) is 5.91 Å². The summed E-state index contributed by atoms with van der Waals surface area (Å²) in [6, 6.07) is 9.72. The van der Waals surface area contributed by atoms with Crippen LogP contribution in [0.3, 0.4) is 0 Å². The predicted molar refractivity (Wildman–Crippen MR) is 68.0 cm³/mol. The SMILES string of the molecule is CC1CN=C(NCC(=O)Nc2ccccc2)N1. The summed E-state index contributed by atoms with van der Waals surface area (Å²) in [5.41, 5.74) is 0.800. The lowest BCUT2D eigenvalue weighted by atomic mass is 10.3. The van der Waals surface area contributed by atoms with E-state index in [1.165, 1.54) is 0 Å². The molecule has 1 heterocycles. The molecule has 1 aliphatic heterocycles. The lowest BCUT2D eigenvalue weighted by molar-refractivity contribution is -0.115. The molecule has 1 amide bonds. The molecule has 0 spiro atoms. The van der Waals surface area contributed by atoms with E-state index in [1.807, 2.05) is 37.3 Å². The number of para-hydroxylation sites is 1. The number of benzene rings is 1. The first-order chi connectivity index (χ1) is 8.24. The van der Waals surface area contributed by atoms with Crippen LogP contribution in [-0.2, 0) is 4.79 Å². The zero-order valence-corrected chi connectivity index (χ0v) is 9.73. The maximum Gasteiger partial charge on any atom is 0.243 e. The van der Waals surface area contributed by atoms with E-state index >= 15 is 0 Å². The van der Waals surface area contributed by atoms with Crippen LogP contribution in [0.2, 0.25) is 0 Å². The molecule has 1 unspecified atom stereocenters.